The monoisotopic (exact) mass is 304 g/mol. The topological polar surface area (TPSA) is 37.3 Å². The van der Waals surface area contributed by atoms with E-state index in [1.807, 2.05) is 0 Å². The molecule has 1 aromatic rings. The van der Waals surface area contributed by atoms with Gasteiger partial charge in [-0.3, -0.25) is 4.79 Å². The van der Waals surface area contributed by atoms with Crippen LogP contribution >= 0.6 is 11.8 Å². The molecule has 0 bridgehead atoms. The molecule has 0 aliphatic heterocycles. The van der Waals surface area contributed by atoms with Crippen LogP contribution in [0.3, 0.4) is 0 Å². The molecule has 0 radical (unpaired) electrons. The summed E-state index contributed by atoms with van der Waals surface area (Å²) in [6.07, 6.45) is -12.1. The fraction of sp³-hybridized carbons (Fsp3) is 0.300. The van der Waals surface area contributed by atoms with Crippen LogP contribution in [0.4, 0.5) is 26.3 Å². The molecule has 106 valence electrons. The van der Waals surface area contributed by atoms with E-state index in [4.69, 9.17) is 5.11 Å². The maximum Gasteiger partial charge on any atom is 0.436 e. The molecule has 0 saturated carbocycles. The molecule has 1 aromatic carbocycles. The summed E-state index contributed by atoms with van der Waals surface area (Å²) in [5, 5.41) is 7.28. The molecule has 0 aromatic heterocycles. The summed E-state index contributed by atoms with van der Waals surface area (Å²) in [6, 6.07) is 6.06. The Kier molecular flexibility index (Phi) is 4.20. The average molecular weight is 304 g/mol. The molecule has 1 rings (SSSR count). The van der Waals surface area contributed by atoms with Crippen molar-refractivity contribution < 1.29 is 36.2 Å². The van der Waals surface area contributed by atoms with E-state index < -0.39 is 34.2 Å². The van der Waals surface area contributed by atoms with E-state index in [0.29, 0.717) is 0 Å². The molecule has 9 heteroatoms. The highest BCUT2D eigenvalue weighted by atomic mass is 32.2. The first-order valence-electron chi connectivity index (χ1n) is 4.63. The van der Waals surface area contributed by atoms with Crippen LogP contribution in [0, 0.1) is 0 Å². The third-order valence-electron chi connectivity index (χ3n) is 2.02. The fourth-order valence-electron chi connectivity index (χ4n) is 1.04. The number of benzene rings is 1. The summed E-state index contributed by atoms with van der Waals surface area (Å²) in [7, 11) is 0. The van der Waals surface area contributed by atoms with Crippen LogP contribution in [0.15, 0.2) is 30.3 Å². The summed E-state index contributed by atoms with van der Waals surface area (Å²) in [5.41, 5.74) is -0.376. The van der Waals surface area contributed by atoms with Gasteiger partial charge in [0, 0.05) is 5.56 Å². The van der Waals surface area contributed by atoms with Crippen molar-refractivity contribution >= 4 is 16.9 Å². The van der Waals surface area contributed by atoms with E-state index in [-0.39, 0.29) is 5.56 Å². The van der Waals surface area contributed by atoms with Crippen LogP contribution in [0.1, 0.15) is 10.4 Å². The molecule has 2 nitrogen and oxygen atoms in total. The molecule has 19 heavy (non-hydrogen) atoms. The van der Waals surface area contributed by atoms with Crippen molar-refractivity contribution in [2.75, 3.05) is 0 Å². The molecule has 0 aliphatic rings. The first-order valence-corrected chi connectivity index (χ1v) is 5.45. The van der Waals surface area contributed by atoms with E-state index in [9.17, 15) is 31.1 Å². The van der Waals surface area contributed by atoms with Crippen molar-refractivity contribution in [2.24, 2.45) is 0 Å². The summed E-state index contributed by atoms with van der Waals surface area (Å²) >= 11 is -1.22. The highest BCUT2D eigenvalue weighted by Crippen LogP contribution is 2.50. The van der Waals surface area contributed by atoms with Gasteiger partial charge in [0.2, 0.25) is 5.12 Å². The predicted molar refractivity (Wildman–Crippen MR) is 55.4 cm³/mol. The molecular weight excluding hydrogens is 298 g/mol. The first kappa shape index (κ1) is 15.8. The van der Waals surface area contributed by atoms with Gasteiger partial charge >= 0.3 is 17.3 Å². The molecule has 0 atom stereocenters. The Bertz CT molecular complexity index is 439. The lowest BCUT2D eigenvalue weighted by Gasteiger charge is -2.30. The third-order valence-corrected chi connectivity index (χ3v) is 3.20. The second kappa shape index (κ2) is 5.04. The minimum atomic E-state index is -6.03. The number of carbonyl (C=O) groups excluding carboxylic acids is 1. The quantitative estimate of drug-likeness (QED) is 0.672. The van der Waals surface area contributed by atoms with Gasteiger partial charge < -0.3 is 5.11 Å². The number of thioether (sulfide) groups is 1. The van der Waals surface area contributed by atoms with Crippen LogP contribution in [0.5, 0.6) is 0 Å². The number of aliphatic hydroxyl groups is 1. The molecule has 0 aliphatic carbocycles. The maximum atomic E-state index is 12.3. The minimum Gasteiger partial charge on any atom is -0.364 e. The largest absolute Gasteiger partial charge is 0.436 e. The number of hydrogen-bond acceptors (Lipinski definition) is 3. The van der Waals surface area contributed by atoms with Gasteiger partial charge in [0.25, 0.3) is 0 Å². The summed E-state index contributed by atoms with van der Waals surface area (Å²) in [5.74, 6) is 0. The second-order valence-corrected chi connectivity index (χ2v) is 4.56. The van der Waals surface area contributed by atoms with Crippen LogP contribution in [0.25, 0.3) is 0 Å². The summed E-state index contributed by atoms with van der Waals surface area (Å²) < 4.78 is 74.0. The Balaban J connectivity index is 3.08. The zero-order valence-electron chi connectivity index (χ0n) is 8.92. The lowest BCUT2D eigenvalue weighted by Crippen LogP contribution is -2.54. The van der Waals surface area contributed by atoms with Crippen LogP contribution in [-0.2, 0) is 0 Å². The fourth-order valence-corrected chi connectivity index (χ4v) is 1.80. The normalized spacial score (nSPS) is 13.4. The van der Waals surface area contributed by atoms with Crippen molar-refractivity contribution in [3.8, 4) is 0 Å². The maximum absolute atomic E-state index is 12.3. The highest BCUT2D eigenvalue weighted by molar-refractivity contribution is 8.15. The zero-order chi connectivity index (χ0) is 14.9. The van der Waals surface area contributed by atoms with E-state index in [0.717, 1.165) is 12.1 Å². The third kappa shape index (κ3) is 3.21. The summed E-state index contributed by atoms with van der Waals surface area (Å²) in [6.45, 7) is 0. The molecule has 0 amide bonds. The van der Waals surface area contributed by atoms with E-state index >= 15 is 0 Å². The van der Waals surface area contributed by atoms with Crippen LogP contribution < -0.4 is 0 Å². The zero-order valence-corrected chi connectivity index (χ0v) is 9.73. The van der Waals surface area contributed by atoms with Crippen molar-refractivity contribution in [3.63, 3.8) is 0 Å². The van der Waals surface area contributed by atoms with Gasteiger partial charge in [0.1, 0.15) is 0 Å². The van der Waals surface area contributed by atoms with E-state index in [2.05, 4.69) is 0 Å². The molecule has 1 N–H and O–H groups in total. The molecule has 0 fully saturated rings. The molecule has 0 spiro atoms. The van der Waals surface area contributed by atoms with Crippen LogP contribution in [0.2, 0.25) is 0 Å². The van der Waals surface area contributed by atoms with Gasteiger partial charge in [-0.2, -0.15) is 26.3 Å². The Hall–Kier alpha value is -1.22. The number of carbonyl (C=O) groups is 1. The smallest absolute Gasteiger partial charge is 0.364 e. The number of alkyl halides is 6. The minimum absolute atomic E-state index is 0.376. The van der Waals surface area contributed by atoms with Gasteiger partial charge in [-0.25, -0.2) is 0 Å². The van der Waals surface area contributed by atoms with Gasteiger partial charge in [0.15, 0.2) is 0 Å². The lowest BCUT2D eigenvalue weighted by molar-refractivity contribution is -0.326. The molecule has 0 unspecified atom stereocenters. The van der Waals surface area contributed by atoms with Crippen molar-refractivity contribution in [3.05, 3.63) is 35.9 Å². The van der Waals surface area contributed by atoms with Gasteiger partial charge in [-0.15, -0.1) is 0 Å². The molecule has 0 saturated heterocycles. The van der Waals surface area contributed by atoms with Gasteiger partial charge in [0.05, 0.1) is 0 Å². The number of rotatable bonds is 2. The number of halogens is 6. The standard InChI is InChI=1S/C10H6F6O2S/c11-9(12,13)8(18,10(14,15)16)19-7(17)6-4-2-1-3-5-6/h1-5,18H. The van der Waals surface area contributed by atoms with Gasteiger partial charge in [-0.05, 0) is 11.8 Å². The van der Waals surface area contributed by atoms with Crippen LogP contribution in [-0.4, -0.2) is 27.5 Å². The van der Waals surface area contributed by atoms with Crippen molar-refractivity contribution in [1.29, 1.82) is 0 Å². The second-order valence-electron chi connectivity index (χ2n) is 3.40. The van der Waals surface area contributed by atoms with Gasteiger partial charge in [-0.1, -0.05) is 30.3 Å². The lowest BCUT2D eigenvalue weighted by atomic mass is 10.2. The molecule has 0 heterocycles. The van der Waals surface area contributed by atoms with Crippen molar-refractivity contribution in [1.82, 2.24) is 0 Å². The Morgan fingerprint density at radius 1 is 0.947 bits per heavy atom. The van der Waals surface area contributed by atoms with E-state index in [1.54, 1.807) is 0 Å². The Morgan fingerprint density at radius 2 is 1.37 bits per heavy atom. The average Bonchev–Trinajstić information content (AvgIpc) is 2.27. The number of hydrogen-bond donors (Lipinski definition) is 1. The SMILES string of the molecule is O=C(SC(O)(C(F)(F)F)C(F)(F)F)c1ccccc1. The van der Waals surface area contributed by atoms with E-state index in [1.165, 1.54) is 18.2 Å². The highest BCUT2D eigenvalue weighted by Gasteiger charge is 2.72. The Labute approximate surface area is 107 Å². The predicted octanol–water partition coefficient (Wildman–Crippen LogP) is 3.37. The molecular formula is C10H6F6O2S. The summed E-state index contributed by atoms with van der Waals surface area (Å²) in [4.78, 5) is 6.22. The Morgan fingerprint density at radius 3 is 1.74 bits per heavy atom. The first-order chi connectivity index (χ1) is 8.49. The van der Waals surface area contributed by atoms with Crippen molar-refractivity contribution in [2.45, 2.75) is 17.3 Å².